The number of ether oxygens (including phenoxy) is 2. The normalized spacial score (nSPS) is 12.5. The second-order valence-electron chi connectivity index (χ2n) is 5.42. The molecule has 0 fully saturated rings. The van der Waals surface area contributed by atoms with E-state index in [1.54, 1.807) is 18.2 Å². The van der Waals surface area contributed by atoms with Gasteiger partial charge in [-0.25, -0.2) is 0 Å². The third kappa shape index (κ3) is 3.04. The molecule has 3 rings (SSSR count). The zero-order valence-electron chi connectivity index (χ0n) is 12.6. The van der Waals surface area contributed by atoms with Gasteiger partial charge < -0.3 is 19.7 Å². The van der Waals surface area contributed by atoms with Crippen molar-refractivity contribution >= 4 is 11.6 Å². The van der Waals surface area contributed by atoms with Crippen molar-refractivity contribution in [2.45, 2.75) is 6.54 Å². The van der Waals surface area contributed by atoms with E-state index >= 15 is 0 Å². The van der Waals surface area contributed by atoms with E-state index in [-0.39, 0.29) is 12.7 Å². The van der Waals surface area contributed by atoms with Crippen LogP contribution in [0.3, 0.4) is 0 Å². The zero-order valence-corrected chi connectivity index (χ0v) is 12.6. The molecule has 5 nitrogen and oxygen atoms in total. The predicted molar refractivity (Wildman–Crippen MR) is 84.4 cm³/mol. The number of nitrogens with one attached hydrogen (secondary N) is 1. The molecule has 0 aromatic heterocycles. The molecule has 114 valence electrons. The van der Waals surface area contributed by atoms with Crippen LogP contribution in [0.2, 0.25) is 0 Å². The van der Waals surface area contributed by atoms with Crippen molar-refractivity contribution in [1.82, 2.24) is 4.90 Å². The Morgan fingerprint density at radius 1 is 1.14 bits per heavy atom. The molecule has 0 radical (unpaired) electrons. The van der Waals surface area contributed by atoms with Crippen LogP contribution in [0.15, 0.2) is 42.5 Å². The first-order valence-corrected chi connectivity index (χ1v) is 7.07. The van der Waals surface area contributed by atoms with Gasteiger partial charge in [0.1, 0.15) is 0 Å². The van der Waals surface area contributed by atoms with Crippen molar-refractivity contribution in [2.75, 3.05) is 26.2 Å². The largest absolute Gasteiger partial charge is 0.454 e. The second-order valence-corrected chi connectivity index (χ2v) is 5.42. The summed E-state index contributed by atoms with van der Waals surface area (Å²) < 4.78 is 10.6. The molecule has 1 heterocycles. The summed E-state index contributed by atoms with van der Waals surface area (Å²) in [4.78, 5) is 14.5. The van der Waals surface area contributed by atoms with E-state index in [2.05, 4.69) is 10.2 Å². The molecule has 0 saturated carbocycles. The van der Waals surface area contributed by atoms with Gasteiger partial charge in [0.05, 0.1) is 0 Å². The molecule has 1 amide bonds. The Hall–Kier alpha value is -2.53. The van der Waals surface area contributed by atoms with Crippen molar-refractivity contribution < 1.29 is 14.3 Å². The van der Waals surface area contributed by atoms with Crippen molar-refractivity contribution in [1.29, 1.82) is 0 Å². The number of anilines is 1. The average Bonchev–Trinajstić information content (AvgIpc) is 2.96. The lowest BCUT2D eigenvalue weighted by Gasteiger charge is -2.15. The molecule has 0 bridgehead atoms. The average molecular weight is 298 g/mol. The molecular weight excluding hydrogens is 280 g/mol. The highest BCUT2D eigenvalue weighted by atomic mass is 16.7. The third-order valence-electron chi connectivity index (χ3n) is 3.39. The van der Waals surface area contributed by atoms with Gasteiger partial charge >= 0.3 is 0 Å². The van der Waals surface area contributed by atoms with Crippen LogP contribution < -0.4 is 14.8 Å². The first-order chi connectivity index (χ1) is 10.6. The highest BCUT2D eigenvalue weighted by Gasteiger charge is 2.16. The maximum atomic E-state index is 12.4. The van der Waals surface area contributed by atoms with Crippen molar-refractivity contribution in [3.8, 4) is 11.5 Å². The number of carbonyl (C=O) groups is 1. The van der Waals surface area contributed by atoms with Crippen LogP contribution in [0.5, 0.6) is 11.5 Å². The molecule has 2 aromatic carbocycles. The summed E-state index contributed by atoms with van der Waals surface area (Å²) in [6, 6.07) is 13.0. The van der Waals surface area contributed by atoms with E-state index in [1.807, 2.05) is 38.4 Å². The maximum Gasteiger partial charge on any atom is 0.255 e. The van der Waals surface area contributed by atoms with Gasteiger partial charge in [0.25, 0.3) is 5.91 Å². The smallest absolute Gasteiger partial charge is 0.255 e. The quantitative estimate of drug-likeness (QED) is 0.943. The molecule has 2 aromatic rings. The van der Waals surface area contributed by atoms with Gasteiger partial charge in [-0.05, 0) is 43.9 Å². The molecular formula is C17H18N2O3. The van der Waals surface area contributed by atoms with E-state index in [4.69, 9.17) is 9.47 Å². The van der Waals surface area contributed by atoms with Gasteiger partial charge in [0.15, 0.2) is 11.5 Å². The minimum Gasteiger partial charge on any atom is -0.454 e. The van der Waals surface area contributed by atoms with Gasteiger partial charge in [0.2, 0.25) is 6.79 Å². The predicted octanol–water partition coefficient (Wildman–Crippen LogP) is 2.73. The molecule has 1 aliphatic heterocycles. The lowest BCUT2D eigenvalue weighted by Crippen LogP contribution is -2.16. The first-order valence-electron chi connectivity index (χ1n) is 7.07. The summed E-state index contributed by atoms with van der Waals surface area (Å²) in [5.41, 5.74) is 2.43. The second kappa shape index (κ2) is 6.07. The lowest BCUT2D eigenvalue weighted by atomic mass is 10.1. The zero-order chi connectivity index (χ0) is 15.5. The number of carbonyl (C=O) groups excluding carboxylic acids is 1. The van der Waals surface area contributed by atoms with Gasteiger partial charge in [-0.15, -0.1) is 0 Å². The summed E-state index contributed by atoms with van der Waals surface area (Å²) in [6.07, 6.45) is 0. The molecule has 5 heteroatoms. The minimum absolute atomic E-state index is 0.162. The lowest BCUT2D eigenvalue weighted by molar-refractivity contribution is 0.102. The maximum absolute atomic E-state index is 12.4. The number of hydrogen-bond donors (Lipinski definition) is 1. The fraction of sp³-hybridized carbons (Fsp3) is 0.235. The Labute approximate surface area is 129 Å². The van der Waals surface area contributed by atoms with Crippen molar-refractivity contribution in [3.05, 3.63) is 53.6 Å². The number of amides is 1. The Kier molecular flexibility index (Phi) is 3.98. The number of hydrogen-bond acceptors (Lipinski definition) is 4. The summed E-state index contributed by atoms with van der Waals surface area (Å²) >= 11 is 0. The molecule has 0 atom stereocenters. The van der Waals surface area contributed by atoms with E-state index in [9.17, 15) is 4.79 Å². The van der Waals surface area contributed by atoms with E-state index in [0.29, 0.717) is 17.1 Å². The van der Waals surface area contributed by atoms with Crippen molar-refractivity contribution in [2.24, 2.45) is 0 Å². The van der Waals surface area contributed by atoms with E-state index in [0.717, 1.165) is 17.8 Å². The van der Waals surface area contributed by atoms with Crippen LogP contribution in [0.25, 0.3) is 0 Å². The van der Waals surface area contributed by atoms with Crippen LogP contribution in [0.4, 0.5) is 5.69 Å². The summed E-state index contributed by atoms with van der Waals surface area (Å²) in [5.74, 6) is 1.11. The summed E-state index contributed by atoms with van der Waals surface area (Å²) in [6.45, 7) is 0.962. The van der Waals surface area contributed by atoms with Gasteiger partial charge in [-0.1, -0.05) is 18.2 Å². The Bertz CT molecular complexity index is 698. The number of benzene rings is 2. The van der Waals surface area contributed by atoms with Gasteiger partial charge in [-0.2, -0.15) is 0 Å². The molecule has 0 spiro atoms. The highest BCUT2D eigenvalue weighted by Crippen LogP contribution is 2.32. The van der Waals surface area contributed by atoms with Crippen LogP contribution in [-0.2, 0) is 6.54 Å². The third-order valence-corrected chi connectivity index (χ3v) is 3.39. The monoisotopic (exact) mass is 298 g/mol. The Balaban J connectivity index is 1.80. The number of nitrogens with zero attached hydrogens (tertiary/aromatic N) is 1. The Morgan fingerprint density at radius 3 is 2.73 bits per heavy atom. The van der Waals surface area contributed by atoms with E-state index in [1.165, 1.54) is 0 Å². The van der Waals surface area contributed by atoms with E-state index < -0.39 is 0 Å². The number of fused-ring (bicyclic) bond motifs is 1. The molecule has 0 saturated heterocycles. The summed E-state index contributed by atoms with van der Waals surface area (Å²) in [7, 11) is 3.99. The fourth-order valence-corrected chi connectivity index (χ4v) is 2.35. The highest BCUT2D eigenvalue weighted by molar-refractivity contribution is 6.05. The standard InChI is InChI=1S/C17H18N2O3/c1-19(2)10-13-5-3-4-6-14(13)18-17(20)12-7-8-15-16(9-12)22-11-21-15/h3-9H,10-11H2,1-2H3,(H,18,20). The fourth-order valence-electron chi connectivity index (χ4n) is 2.35. The summed E-state index contributed by atoms with van der Waals surface area (Å²) in [5, 5.41) is 2.96. The number of rotatable bonds is 4. The molecule has 0 aliphatic carbocycles. The minimum atomic E-state index is -0.162. The van der Waals surface area contributed by atoms with Crippen molar-refractivity contribution in [3.63, 3.8) is 0 Å². The molecule has 1 N–H and O–H groups in total. The molecule has 0 unspecified atom stereocenters. The SMILES string of the molecule is CN(C)Cc1ccccc1NC(=O)c1ccc2c(c1)OCO2. The molecule has 1 aliphatic rings. The van der Waals surface area contributed by atoms with Crippen LogP contribution in [0, 0.1) is 0 Å². The van der Waals surface area contributed by atoms with Crippen LogP contribution in [0.1, 0.15) is 15.9 Å². The molecule has 22 heavy (non-hydrogen) atoms. The number of para-hydroxylation sites is 1. The Morgan fingerprint density at radius 2 is 1.91 bits per heavy atom. The van der Waals surface area contributed by atoms with Crippen LogP contribution in [-0.4, -0.2) is 31.7 Å². The topological polar surface area (TPSA) is 50.8 Å². The van der Waals surface area contributed by atoms with Crippen LogP contribution >= 0.6 is 0 Å². The first kappa shape index (κ1) is 14.4. The van der Waals surface area contributed by atoms with Gasteiger partial charge in [0, 0.05) is 17.8 Å². The van der Waals surface area contributed by atoms with Gasteiger partial charge in [-0.3, -0.25) is 4.79 Å².